The molecule has 0 fully saturated rings. The standard InChI is InChI=1S/C20H14O3/c1-3-20(22)23-19-13-10-17(15(2)14-19)7-5-4-6-16-8-11-18(21)12-9-16/h3,8-14,21H,1H2,2H3. The monoisotopic (exact) mass is 302 g/mol. The molecule has 3 nitrogen and oxygen atoms in total. The lowest BCUT2D eigenvalue weighted by Gasteiger charge is -2.03. The van der Waals surface area contributed by atoms with Crippen molar-refractivity contribution >= 4 is 5.97 Å². The average Bonchev–Trinajstić information content (AvgIpc) is 2.54. The fraction of sp³-hybridized carbons (Fsp3) is 0.0500. The van der Waals surface area contributed by atoms with Crippen molar-refractivity contribution < 1.29 is 14.6 Å². The molecule has 0 aliphatic rings. The maximum atomic E-state index is 11.1. The molecule has 0 radical (unpaired) electrons. The van der Waals surface area contributed by atoms with Gasteiger partial charge in [0.25, 0.3) is 0 Å². The molecule has 0 aliphatic carbocycles. The number of benzene rings is 2. The van der Waals surface area contributed by atoms with Crippen molar-refractivity contribution in [3.05, 3.63) is 71.8 Å². The Hall–Kier alpha value is -3.43. The normalized spacial score (nSPS) is 8.91. The van der Waals surface area contributed by atoms with E-state index in [4.69, 9.17) is 4.74 Å². The highest BCUT2D eigenvalue weighted by Gasteiger charge is 2.02. The van der Waals surface area contributed by atoms with Gasteiger partial charge in [-0.3, -0.25) is 0 Å². The number of aryl methyl sites for hydroxylation is 1. The number of ether oxygens (including phenoxy) is 1. The SMILES string of the molecule is C=CC(=O)Oc1ccc(C#CC#Cc2ccc(O)cc2)c(C)c1. The van der Waals surface area contributed by atoms with Gasteiger partial charge in [0, 0.05) is 17.2 Å². The largest absolute Gasteiger partial charge is 0.508 e. The van der Waals surface area contributed by atoms with Crippen molar-refractivity contribution in [2.75, 3.05) is 0 Å². The Bertz CT molecular complexity index is 854. The molecule has 0 heterocycles. The van der Waals surface area contributed by atoms with E-state index in [1.165, 1.54) is 0 Å². The van der Waals surface area contributed by atoms with Crippen molar-refractivity contribution in [2.24, 2.45) is 0 Å². The molecular formula is C20H14O3. The number of rotatable bonds is 2. The first kappa shape index (κ1) is 15.9. The second kappa shape index (κ2) is 7.54. The van der Waals surface area contributed by atoms with Crippen LogP contribution in [-0.2, 0) is 4.79 Å². The number of hydrogen-bond donors (Lipinski definition) is 1. The van der Waals surface area contributed by atoms with E-state index in [1.54, 1.807) is 42.5 Å². The van der Waals surface area contributed by atoms with E-state index >= 15 is 0 Å². The van der Waals surface area contributed by atoms with Crippen molar-refractivity contribution in [3.63, 3.8) is 0 Å². The van der Waals surface area contributed by atoms with Crippen molar-refractivity contribution in [2.45, 2.75) is 6.92 Å². The van der Waals surface area contributed by atoms with Gasteiger partial charge in [0.05, 0.1) is 0 Å². The van der Waals surface area contributed by atoms with E-state index in [-0.39, 0.29) is 5.75 Å². The molecular weight excluding hydrogens is 288 g/mol. The molecule has 0 bridgehead atoms. The Labute approximate surface area is 135 Å². The van der Waals surface area contributed by atoms with Gasteiger partial charge < -0.3 is 9.84 Å². The Morgan fingerprint density at radius 1 is 1.13 bits per heavy atom. The van der Waals surface area contributed by atoms with Crippen LogP contribution in [0.25, 0.3) is 0 Å². The van der Waals surface area contributed by atoms with Gasteiger partial charge in [-0.05, 0) is 66.8 Å². The Kier molecular flexibility index (Phi) is 5.23. The highest BCUT2D eigenvalue weighted by molar-refractivity contribution is 5.83. The lowest BCUT2D eigenvalue weighted by molar-refractivity contribution is -0.128. The predicted octanol–water partition coefficient (Wildman–Crippen LogP) is 3.20. The van der Waals surface area contributed by atoms with E-state index in [9.17, 15) is 9.90 Å². The minimum Gasteiger partial charge on any atom is -0.508 e. The minimum atomic E-state index is -0.497. The summed E-state index contributed by atoms with van der Waals surface area (Å²) in [6.45, 7) is 5.23. The summed E-state index contributed by atoms with van der Waals surface area (Å²) in [7, 11) is 0. The maximum absolute atomic E-state index is 11.1. The van der Waals surface area contributed by atoms with Crippen molar-refractivity contribution in [3.8, 4) is 35.2 Å². The van der Waals surface area contributed by atoms with Crippen LogP contribution in [0.3, 0.4) is 0 Å². The summed E-state index contributed by atoms with van der Waals surface area (Å²) >= 11 is 0. The smallest absolute Gasteiger partial charge is 0.335 e. The Balaban J connectivity index is 2.11. The van der Waals surface area contributed by atoms with Gasteiger partial charge in [-0.25, -0.2) is 4.79 Å². The summed E-state index contributed by atoms with van der Waals surface area (Å²) < 4.78 is 5.04. The number of esters is 1. The molecule has 23 heavy (non-hydrogen) atoms. The molecule has 0 aromatic heterocycles. The van der Waals surface area contributed by atoms with Gasteiger partial charge in [0.15, 0.2) is 0 Å². The third-order valence-electron chi connectivity index (χ3n) is 2.92. The molecule has 2 aromatic carbocycles. The summed E-state index contributed by atoms with van der Waals surface area (Å²) in [5.74, 6) is 11.5. The molecule has 0 atom stereocenters. The van der Waals surface area contributed by atoms with Crippen LogP contribution in [-0.4, -0.2) is 11.1 Å². The topological polar surface area (TPSA) is 46.5 Å². The molecule has 1 N–H and O–H groups in total. The Morgan fingerprint density at radius 3 is 2.48 bits per heavy atom. The second-order valence-electron chi connectivity index (χ2n) is 4.65. The number of phenolic OH excluding ortho intramolecular Hbond substituents is 1. The molecule has 2 aromatic rings. The molecule has 0 amide bonds. The van der Waals surface area contributed by atoms with Crippen LogP contribution in [0.4, 0.5) is 0 Å². The summed E-state index contributed by atoms with van der Waals surface area (Å²) in [5, 5.41) is 9.19. The van der Waals surface area contributed by atoms with Gasteiger partial charge in [-0.15, -0.1) is 0 Å². The van der Waals surface area contributed by atoms with Crippen LogP contribution < -0.4 is 4.74 Å². The van der Waals surface area contributed by atoms with Crippen molar-refractivity contribution in [1.29, 1.82) is 0 Å². The molecule has 0 saturated heterocycles. The molecule has 0 spiro atoms. The molecule has 2 rings (SSSR count). The fourth-order valence-electron chi connectivity index (χ4n) is 1.74. The van der Waals surface area contributed by atoms with E-state index in [0.29, 0.717) is 5.75 Å². The van der Waals surface area contributed by atoms with E-state index < -0.39 is 5.97 Å². The molecule has 0 unspecified atom stereocenters. The third kappa shape index (κ3) is 4.81. The van der Waals surface area contributed by atoms with Gasteiger partial charge in [0.1, 0.15) is 11.5 Å². The lowest BCUT2D eigenvalue weighted by atomic mass is 10.1. The van der Waals surface area contributed by atoms with E-state index in [1.807, 2.05) is 6.92 Å². The summed E-state index contributed by atoms with van der Waals surface area (Å²) in [6.07, 6.45) is 1.11. The predicted molar refractivity (Wildman–Crippen MR) is 88.9 cm³/mol. The minimum absolute atomic E-state index is 0.203. The van der Waals surface area contributed by atoms with Crippen LogP contribution in [0.2, 0.25) is 0 Å². The third-order valence-corrected chi connectivity index (χ3v) is 2.92. The summed E-state index contributed by atoms with van der Waals surface area (Å²) in [5.41, 5.74) is 2.47. The van der Waals surface area contributed by atoms with Crippen LogP contribution in [0, 0.1) is 30.6 Å². The molecule has 0 saturated carbocycles. The molecule has 0 aliphatic heterocycles. The van der Waals surface area contributed by atoms with Crippen LogP contribution in [0.1, 0.15) is 16.7 Å². The summed E-state index contributed by atoms with van der Waals surface area (Å²) in [4.78, 5) is 11.1. The highest BCUT2D eigenvalue weighted by atomic mass is 16.5. The number of aromatic hydroxyl groups is 1. The Morgan fingerprint density at radius 2 is 1.83 bits per heavy atom. The van der Waals surface area contributed by atoms with Gasteiger partial charge in [-0.2, -0.15) is 0 Å². The first-order chi connectivity index (χ1) is 11.1. The first-order valence-corrected chi connectivity index (χ1v) is 6.84. The fourth-order valence-corrected chi connectivity index (χ4v) is 1.74. The van der Waals surface area contributed by atoms with Crippen LogP contribution in [0.15, 0.2) is 55.1 Å². The number of carbonyl (C=O) groups is 1. The lowest BCUT2D eigenvalue weighted by Crippen LogP contribution is -2.03. The average molecular weight is 302 g/mol. The zero-order valence-corrected chi connectivity index (χ0v) is 12.6. The quantitative estimate of drug-likeness (QED) is 0.401. The van der Waals surface area contributed by atoms with E-state index in [2.05, 4.69) is 30.3 Å². The van der Waals surface area contributed by atoms with Crippen LogP contribution >= 0.6 is 0 Å². The zero-order valence-electron chi connectivity index (χ0n) is 12.6. The van der Waals surface area contributed by atoms with Gasteiger partial charge in [0.2, 0.25) is 0 Å². The second-order valence-corrected chi connectivity index (χ2v) is 4.65. The number of carbonyl (C=O) groups excluding carboxylic acids is 1. The molecule has 112 valence electrons. The van der Waals surface area contributed by atoms with Gasteiger partial charge >= 0.3 is 5.97 Å². The van der Waals surface area contributed by atoms with E-state index in [0.717, 1.165) is 22.8 Å². The highest BCUT2D eigenvalue weighted by Crippen LogP contribution is 2.16. The van der Waals surface area contributed by atoms with Gasteiger partial charge in [-0.1, -0.05) is 18.4 Å². The summed E-state index contributed by atoms with van der Waals surface area (Å²) in [6, 6.07) is 11.8. The van der Waals surface area contributed by atoms with Crippen molar-refractivity contribution in [1.82, 2.24) is 0 Å². The molecule has 3 heteroatoms. The zero-order chi connectivity index (χ0) is 16.7. The number of phenols is 1. The first-order valence-electron chi connectivity index (χ1n) is 6.84. The number of hydrogen-bond acceptors (Lipinski definition) is 3. The maximum Gasteiger partial charge on any atom is 0.335 e. The van der Waals surface area contributed by atoms with Crippen LogP contribution in [0.5, 0.6) is 11.5 Å².